The van der Waals surface area contributed by atoms with E-state index in [2.05, 4.69) is 54.6 Å². The second kappa shape index (κ2) is 8.86. The molecule has 0 heterocycles. The van der Waals surface area contributed by atoms with Crippen molar-refractivity contribution >= 4 is 23.5 Å². The van der Waals surface area contributed by atoms with Crippen LogP contribution in [0.1, 0.15) is 16.7 Å². The predicted molar refractivity (Wildman–Crippen MR) is 106 cm³/mol. The van der Waals surface area contributed by atoms with E-state index in [1.807, 2.05) is 36.0 Å². The van der Waals surface area contributed by atoms with E-state index in [0.717, 1.165) is 22.8 Å². The van der Waals surface area contributed by atoms with Gasteiger partial charge in [0.25, 0.3) is 0 Å². The van der Waals surface area contributed by atoms with Gasteiger partial charge in [-0.1, -0.05) is 60.7 Å². The first-order chi connectivity index (χ1) is 11.8. The van der Waals surface area contributed by atoms with Crippen molar-refractivity contribution in [2.24, 2.45) is 0 Å². The van der Waals surface area contributed by atoms with Gasteiger partial charge in [0, 0.05) is 27.7 Å². The largest absolute Gasteiger partial charge is 0.508 e. The summed E-state index contributed by atoms with van der Waals surface area (Å²) in [6.45, 7) is 0. The van der Waals surface area contributed by atoms with Gasteiger partial charge in [-0.05, 0) is 29.3 Å². The summed E-state index contributed by atoms with van der Waals surface area (Å²) in [7, 11) is 0. The lowest BCUT2D eigenvalue weighted by molar-refractivity contribution is 0.470. The zero-order valence-electron chi connectivity index (χ0n) is 13.4. The van der Waals surface area contributed by atoms with Gasteiger partial charge in [-0.2, -0.15) is 11.8 Å². The van der Waals surface area contributed by atoms with Crippen LogP contribution in [0, 0.1) is 0 Å². The van der Waals surface area contributed by atoms with E-state index in [-0.39, 0.29) is 0 Å². The lowest BCUT2D eigenvalue weighted by Crippen LogP contribution is -1.86. The van der Waals surface area contributed by atoms with Crippen LogP contribution in [0.25, 0.3) is 0 Å². The zero-order valence-corrected chi connectivity index (χ0v) is 15.0. The Labute approximate surface area is 152 Å². The molecule has 0 fully saturated rings. The molecule has 0 aliphatic rings. The number of rotatable bonds is 7. The van der Waals surface area contributed by atoms with Crippen LogP contribution in [-0.4, -0.2) is 5.11 Å². The average Bonchev–Trinajstić information content (AvgIpc) is 2.64. The molecular formula is C21H20OS2. The van der Waals surface area contributed by atoms with Crippen molar-refractivity contribution in [3.63, 3.8) is 0 Å². The summed E-state index contributed by atoms with van der Waals surface area (Å²) < 4.78 is 0. The van der Waals surface area contributed by atoms with Crippen LogP contribution in [0.15, 0.2) is 83.8 Å². The summed E-state index contributed by atoms with van der Waals surface area (Å²) in [4.78, 5) is 1.20. The number of benzene rings is 3. The van der Waals surface area contributed by atoms with Gasteiger partial charge in [-0.25, -0.2) is 0 Å². The highest BCUT2D eigenvalue weighted by Gasteiger charge is 2.05. The number of phenolic OH excluding ortho intramolecular Hbond substituents is 1. The van der Waals surface area contributed by atoms with Crippen molar-refractivity contribution < 1.29 is 5.11 Å². The van der Waals surface area contributed by atoms with Crippen molar-refractivity contribution in [2.45, 2.75) is 22.2 Å². The van der Waals surface area contributed by atoms with E-state index in [0.29, 0.717) is 5.75 Å². The number of aromatic hydroxyl groups is 1. The quantitative estimate of drug-likeness (QED) is 0.517. The highest BCUT2D eigenvalue weighted by Crippen LogP contribution is 2.30. The summed E-state index contributed by atoms with van der Waals surface area (Å²) in [5.74, 6) is 3.12. The van der Waals surface area contributed by atoms with Crippen LogP contribution in [0.5, 0.6) is 5.75 Å². The third kappa shape index (κ3) is 5.08. The predicted octanol–water partition coefficient (Wildman–Crippen LogP) is 6.12. The number of phenols is 1. The molecule has 0 saturated heterocycles. The highest BCUT2D eigenvalue weighted by atomic mass is 32.2. The fourth-order valence-electron chi connectivity index (χ4n) is 2.36. The first-order valence-electron chi connectivity index (χ1n) is 7.91. The Morgan fingerprint density at radius 1 is 0.667 bits per heavy atom. The minimum atomic E-state index is 0.389. The van der Waals surface area contributed by atoms with E-state index >= 15 is 0 Å². The molecule has 3 heteroatoms. The molecule has 0 unspecified atom stereocenters. The van der Waals surface area contributed by atoms with Gasteiger partial charge >= 0.3 is 0 Å². The summed E-state index contributed by atoms with van der Waals surface area (Å²) in [6, 6.07) is 26.8. The SMILES string of the molecule is Oc1ccc(SCc2ccccc2)cc1CSCc1ccccc1. The van der Waals surface area contributed by atoms with Crippen molar-refractivity contribution in [3.8, 4) is 5.75 Å². The fourth-order valence-corrected chi connectivity index (χ4v) is 4.26. The monoisotopic (exact) mass is 352 g/mol. The van der Waals surface area contributed by atoms with Gasteiger partial charge < -0.3 is 5.11 Å². The maximum Gasteiger partial charge on any atom is 0.119 e. The van der Waals surface area contributed by atoms with Crippen molar-refractivity contribution in [1.82, 2.24) is 0 Å². The first kappa shape index (κ1) is 17.0. The minimum absolute atomic E-state index is 0.389. The summed E-state index contributed by atoms with van der Waals surface area (Å²) in [5, 5.41) is 10.1. The molecule has 0 radical (unpaired) electrons. The summed E-state index contributed by atoms with van der Waals surface area (Å²) in [6.07, 6.45) is 0. The van der Waals surface area contributed by atoms with Crippen LogP contribution < -0.4 is 0 Å². The van der Waals surface area contributed by atoms with Crippen LogP contribution in [0.4, 0.5) is 0 Å². The topological polar surface area (TPSA) is 20.2 Å². The second-order valence-corrected chi connectivity index (χ2v) is 7.58. The Hall–Kier alpha value is -1.84. The van der Waals surface area contributed by atoms with Gasteiger partial charge in [0.1, 0.15) is 5.75 Å². The summed E-state index contributed by atoms with van der Waals surface area (Å²) in [5.41, 5.74) is 3.64. The van der Waals surface area contributed by atoms with Crippen LogP contribution in [0.2, 0.25) is 0 Å². The molecule has 1 nitrogen and oxygen atoms in total. The number of hydrogen-bond acceptors (Lipinski definition) is 3. The lowest BCUT2D eigenvalue weighted by Gasteiger charge is -2.08. The molecular weight excluding hydrogens is 332 g/mol. The average molecular weight is 353 g/mol. The Morgan fingerprint density at radius 2 is 1.29 bits per heavy atom. The van der Waals surface area contributed by atoms with E-state index in [1.54, 1.807) is 11.8 Å². The molecule has 0 aliphatic carbocycles. The third-order valence-corrected chi connectivity index (χ3v) is 5.79. The maximum atomic E-state index is 10.1. The number of thioether (sulfide) groups is 2. The van der Waals surface area contributed by atoms with Crippen LogP contribution in [0.3, 0.4) is 0 Å². The molecule has 0 amide bonds. The first-order valence-corrected chi connectivity index (χ1v) is 10.1. The Balaban J connectivity index is 1.57. The molecule has 3 aromatic carbocycles. The normalized spacial score (nSPS) is 10.7. The standard InChI is InChI=1S/C21H20OS2/c22-21-12-11-20(24-15-18-9-5-2-6-10-18)13-19(21)16-23-14-17-7-3-1-4-8-17/h1-13,22H,14-16H2. The lowest BCUT2D eigenvalue weighted by atomic mass is 10.2. The van der Waals surface area contributed by atoms with E-state index in [9.17, 15) is 5.11 Å². The smallest absolute Gasteiger partial charge is 0.119 e. The van der Waals surface area contributed by atoms with Gasteiger partial charge in [0.2, 0.25) is 0 Å². The van der Waals surface area contributed by atoms with Gasteiger partial charge in [-0.3, -0.25) is 0 Å². The Kier molecular flexibility index (Phi) is 6.27. The molecule has 0 spiro atoms. The van der Waals surface area contributed by atoms with Gasteiger partial charge in [0.15, 0.2) is 0 Å². The third-order valence-electron chi connectivity index (χ3n) is 3.67. The Morgan fingerprint density at radius 3 is 1.96 bits per heavy atom. The van der Waals surface area contributed by atoms with E-state index < -0.39 is 0 Å². The van der Waals surface area contributed by atoms with Crippen LogP contribution >= 0.6 is 23.5 Å². The molecule has 3 rings (SSSR count). The second-order valence-electron chi connectivity index (χ2n) is 5.54. The maximum absolute atomic E-state index is 10.1. The summed E-state index contributed by atoms with van der Waals surface area (Å²) >= 11 is 3.63. The van der Waals surface area contributed by atoms with Crippen LogP contribution in [-0.2, 0) is 17.3 Å². The molecule has 0 atom stereocenters. The van der Waals surface area contributed by atoms with Gasteiger partial charge in [-0.15, -0.1) is 11.8 Å². The van der Waals surface area contributed by atoms with E-state index in [1.165, 1.54) is 16.0 Å². The fraction of sp³-hybridized carbons (Fsp3) is 0.143. The molecule has 122 valence electrons. The van der Waals surface area contributed by atoms with E-state index in [4.69, 9.17) is 0 Å². The molecule has 0 aliphatic heterocycles. The minimum Gasteiger partial charge on any atom is -0.508 e. The van der Waals surface area contributed by atoms with Gasteiger partial charge in [0.05, 0.1) is 0 Å². The molecule has 0 bridgehead atoms. The molecule has 24 heavy (non-hydrogen) atoms. The molecule has 3 aromatic rings. The molecule has 0 saturated carbocycles. The zero-order chi connectivity index (χ0) is 16.6. The Bertz CT molecular complexity index is 757. The highest BCUT2D eigenvalue weighted by molar-refractivity contribution is 7.98. The molecule has 1 N–H and O–H groups in total. The van der Waals surface area contributed by atoms with Crippen molar-refractivity contribution in [2.75, 3.05) is 0 Å². The van der Waals surface area contributed by atoms with Crippen molar-refractivity contribution in [3.05, 3.63) is 95.6 Å². The van der Waals surface area contributed by atoms with Crippen molar-refractivity contribution in [1.29, 1.82) is 0 Å². The molecule has 0 aromatic heterocycles. The number of hydrogen-bond donors (Lipinski definition) is 1.